The zero-order chi connectivity index (χ0) is 17.3. The predicted octanol–water partition coefficient (Wildman–Crippen LogP) is 4.02. The van der Waals surface area contributed by atoms with Crippen molar-refractivity contribution in [2.24, 2.45) is 0 Å². The van der Waals surface area contributed by atoms with Crippen molar-refractivity contribution >= 4 is 11.6 Å². The second-order valence-corrected chi connectivity index (χ2v) is 5.50. The van der Waals surface area contributed by atoms with Crippen molar-refractivity contribution in [1.29, 1.82) is 0 Å². The minimum atomic E-state index is -0.745. The van der Waals surface area contributed by atoms with Crippen LogP contribution in [0.25, 0.3) is 5.69 Å². The Labute approximate surface area is 137 Å². The zero-order valence-electron chi connectivity index (χ0n) is 13.2. The van der Waals surface area contributed by atoms with Gasteiger partial charge in [0.1, 0.15) is 11.6 Å². The van der Waals surface area contributed by atoms with Gasteiger partial charge in [-0.3, -0.25) is 4.79 Å². The SMILES string of the molecule is Cc1cc(C)n(-c2ccc(C(=O)Nc3cc(F)cc(F)c3)cc2)n1. The van der Waals surface area contributed by atoms with Crippen molar-refractivity contribution in [3.63, 3.8) is 0 Å². The molecule has 1 N–H and O–H groups in total. The summed E-state index contributed by atoms with van der Waals surface area (Å²) in [5.74, 6) is -1.93. The number of carbonyl (C=O) groups is 1. The molecule has 0 aliphatic carbocycles. The molecule has 1 heterocycles. The molecule has 0 spiro atoms. The Morgan fingerprint density at radius 1 is 1.00 bits per heavy atom. The Morgan fingerprint density at radius 3 is 2.17 bits per heavy atom. The van der Waals surface area contributed by atoms with E-state index in [4.69, 9.17) is 0 Å². The fraction of sp³-hybridized carbons (Fsp3) is 0.111. The average molecular weight is 327 g/mol. The molecule has 3 aromatic rings. The largest absolute Gasteiger partial charge is 0.322 e. The van der Waals surface area contributed by atoms with E-state index in [0.29, 0.717) is 5.56 Å². The molecular weight excluding hydrogens is 312 g/mol. The number of hydrogen-bond donors (Lipinski definition) is 1. The maximum absolute atomic E-state index is 13.2. The Balaban J connectivity index is 1.80. The van der Waals surface area contributed by atoms with Gasteiger partial charge >= 0.3 is 0 Å². The lowest BCUT2D eigenvalue weighted by atomic mass is 10.2. The number of hydrogen-bond acceptors (Lipinski definition) is 2. The van der Waals surface area contributed by atoms with Crippen LogP contribution in [0, 0.1) is 25.5 Å². The molecule has 0 radical (unpaired) electrons. The van der Waals surface area contributed by atoms with Gasteiger partial charge in [0.2, 0.25) is 0 Å². The fourth-order valence-electron chi connectivity index (χ4n) is 2.47. The van der Waals surface area contributed by atoms with Gasteiger partial charge in [0.25, 0.3) is 5.91 Å². The van der Waals surface area contributed by atoms with E-state index in [2.05, 4.69) is 10.4 Å². The highest BCUT2D eigenvalue weighted by Gasteiger charge is 2.09. The predicted molar refractivity (Wildman–Crippen MR) is 87.3 cm³/mol. The van der Waals surface area contributed by atoms with Gasteiger partial charge in [0.15, 0.2) is 0 Å². The molecule has 0 saturated heterocycles. The van der Waals surface area contributed by atoms with E-state index in [9.17, 15) is 13.6 Å². The number of rotatable bonds is 3. The van der Waals surface area contributed by atoms with Crippen LogP contribution in [0.1, 0.15) is 21.7 Å². The minimum absolute atomic E-state index is 0.0696. The highest BCUT2D eigenvalue weighted by Crippen LogP contribution is 2.16. The molecule has 6 heteroatoms. The van der Waals surface area contributed by atoms with E-state index in [1.807, 2.05) is 19.9 Å². The first kappa shape index (κ1) is 15.9. The van der Waals surface area contributed by atoms with Crippen LogP contribution in [0.2, 0.25) is 0 Å². The van der Waals surface area contributed by atoms with E-state index in [0.717, 1.165) is 35.3 Å². The Hall–Kier alpha value is -3.02. The number of nitrogens with zero attached hydrogens (tertiary/aromatic N) is 2. The van der Waals surface area contributed by atoms with E-state index >= 15 is 0 Å². The molecule has 0 fully saturated rings. The lowest BCUT2D eigenvalue weighted by molar-refractivity contribution is 0.102. The van der Waals surface area contributed by atoms with E-state index in [-0.39, 0.29) is 5.69 Å². The van der Waals surface area contributed by atoms with Crippen molar-refractivity contribution in [2.45, 2.75) is 13.8 Å². The molecule has 0 unspecified atom stereocenters. The van der Waals surface area contributed by atoms with Gasteiger partial charge in [-0.1, -0.05) is 0 Å². The first-order chi connectivity index (χ1) is 11.4. The number of amides is 1. The molecule has 24 heavy (non-hydrogen) atoms. The number of halogens is 2. The first-order valence-electron chi connectivity index (χ1n) is 7.33. The third kappa shape index (κ3) is 3.32. The first-order valence-corrected chi connectivity index (χ1v) is 7.33. The second kappa shape index (κ2) is 6.23. The van der Waals surface area contributed by atoms with Gasteiger partial charge in [-0.25, -0.2) is 13.5 Å². The number of anilines is 1. The molecule has 1 aromatic heterocycles. The number of nitrogens with one attached hydrogen (secondary N) is 1. The minimum Gasteiger partial charge on any atom is -0.322 e. The Morgan fingerprint density at radius 2 is 1.62 bits per heavy atom. The van der Waals surface area contributed by atoms with Gasteiger partial charge in [-0.15, -0.1) is 0 Å². The zero-order valence-corrected chi connectivity index (χ0v) is 13.2. The molecule has 0 saturated carbocycles. The topological polar surface area (TPSA) is 46.9 Å². The molecule has 1 amide bonds. The fourth-order valence-corrected chi connectivity index (χ4v) is 2.47. The average Bonchev–Trinajstić information content (AvgIpc) is 2.85. The van der Waals surface area contributed by atoms with Gasteiger partial charge in [-0.05, 0) is 56.3 Å². The molecule has 122 valence electrons. The Kier molecular flexibility index (Phi) is 4.12. The van der Waals surface area contributed by atoms with E-state index in [1.54, 1.807) is 28.9 Å². The highest BCUT2D eigenvalue weighted by molar-refractivity contribution is 6.04. The van der Waals surface area contributed by atoms with Gasteiger partial charge in [0.05, 0.1) is 11.4 Å². The van der Waals surface area contributed by atoms with Crippen molar-refractivity contribution in [1.82, 2.24) is 9.78 Å². The van der Waals surface area contributed by atoms with Gasteiger partial charge < -0.3 is 5.32 Å². The van der Waals surface area contributed by atoms with Crippen molar-refractivity contribution in [3.8, 4) is 5.69 Å². The maximum Gasteiger partial charge on any atom is 0.255 e. The number of aromatic nitrogens is 2. The Bertz CT molecular complexity index is 881. The number of aryl methyl sites for hydroxylation is 2. The molecule has 0 aliphatic rings. The number of carbonyl (C=O) groups excluding carboxylic acids is 1. The van der Waals surface area contributed by atoms with Gasteiger partial charge in [0, 0.05) is 23.0 Å². The summed E-state index contributed by atoms with van der Waals surface area (Å²) >= 11 is 0. The third-order valence-electron chi connectivity index (χ3n) is 3.50. The lowest BCUT2D eigenvalue weighted by Gasteiger charge is -2.08. The van der Waals surface area contributed by atoms with Crippen LogP contribution in [0.5, 0.6) is 0 Å². The molecule has 0 bridgehead atoms. The van der Waals surface area contributed by atoms with Crippen LogP contribution in [-0.4, -0.2) is 15.7 Å². The quantitative estimate of drug-likeness (QED) is 0.790. The molecular formula is C18H15F2N3O. The maximum atomic E-state index is 13.2. The standard InChI is InChI=1S/C18H15F2N3O/c1-11-7-12(2)23(22-11)17-5-3-13(4-6-17)18(24)21-16-9-14(19)8-15(20)10-16/h3-10H,1-2H3,(H,21,24). The molecule has 3 rings (SSSR count). The van der Waals surface area contributed by atoms with Crippen LogP contribution in [0.4, 0.5) is 14.5 Å². The van der Waals surface area contributed by atoms with Crippen molar-refractivity contribution < 1.29 is 13.6 Å². The van der Waals surface area contributed by atoms with Crippen molar-refractivity contribution in [2.75, 3.05) is 5.32 Å². The van der Waals surface area contributed by atoms with Crippen LogP contribution in [0.3, 0.4) is 0 Å². The summed E-state index contributed by atoms with van der Waals surface area (Å²) in [5.41, 5.74) is 3.17. The summed E-state index contributed by atoms with van der Waals surface area (Å²) in [4.78, 5) is 12.2. The van der Waals surface area contributed by atoms with Crippen LogP contribution < -0.4 is 5.32 Å². The van der Waals surface area contributed by atoms with Crippen LogP contribution >= 0.6 is 0 Å². The summed E-state index contributed by atoms with van der Waals surface area (Å²) in [5, 5.41) is 6.85. The molecule has 2 aromatic carbocycles. The third-order valence-corrected chi connectivity index (χ3v) is 3.50. The normalized spacial score (nSPS) is 10.7. The number of benzene rings is 2. The van der Waals surface area contributed by atoms with Crippen molar-refractivity contribution in [3.05, 3.63) is 77.1 Å². The second-order valence-electron chi connectivity index (χ2n) is 5.50. The summed E-state index contributed by atoms with van der Waals surface area (Å²) in [7, 11) is 0. The van der Waals surface area contributed by atoms with Gasteiger partial charge in [-0.2, -0.15) is 5.10 Å². The summed E-state index contributed by atoms with van der Waals surface area (Å²) in [6.07, 6.45) is 0. The summed E-state index contributed by atoms with van der Waals surface area (Å²) < 4.78 is 28.1. The van der Waals surface area contributed by atoms with Crippen LogP contribution in [-0.2, 0) is 0 Å². The van der Waals surface area contributed by atoms with E-state index < -0.39 is 17.5 Å². The summed E-state index contributed by atoms with van der Waals surface area (Å²) in [6, 6.07) is 11.6. The molecule has 0 atom stereocenters. The monoisotopic (exact) mass is 327 g/mol. The highest BCUT2D eigenvalue weighted by atomic mass is 19.1. The lowest BCUT2D eigenvalue weighted by Crippen LogP contribution is -2.12. The van der Waals surface area contributed by atoms with E-state index in [1.165, 1.54) is 0 Å². The smallest absolute Gasteiger partial charge is 0.255 e. The summed E-state index contributed by atoms with van der Waals surface area (Å²) in [6.45, 7) is 3.85. The van der Waals surface area contributed by atoms with Crippen LogP contribution in [0.15, 0.2) is 48.5 Å². The molecule has 4 nitrogen and oxygen atoms in total. The molecule has 0 aliphatic heterocycles.